The van der Waals surface area contributed by atoms with E-state index in [9.17, 15) is 0 Å². The van der Waals surface area contributed by atoms with E-state index in [1.807, 2.05) is 32.2 Å². The van der Waals surface area contributed by atoms with Crippen LogP contribution in [0.15, 0.2) is 42.6 Å². The zero-order chi connectivity index (χ0) is 17.8. The van der Waals surface area contributed by atoms with Crippen molar-refractivity contribution in [2.75, 3.05) is 7.11 Å². The maximum atomic E-state index is 5.32. The lowest BCUT2D eigenvalue weighted by Crippen LogP contribution is -2.00. The predicted molar refractivity (Wildman–Crippen MR) is 102 cm³/mol. The van der Waals surface area contributed by atoms with Crippen molar-refractivity contribution >= 4 is 27.6 Å². The molecular weight excluding hydrogens is 326 g/mol. The number of nitrogens with zero attached hydrogens (tertiary/aromatic N) is 4. The van der Waals surface area contributed by atoms with E-state index in [0.29, 0.717) is 5.88 Å². The Kier molecular flexibility index (Phi) is 3.03. The van der Waals surface area contributed by atoms with Gasteiger partial charge in [0, 0.05) is 28.7 Å². The van der Waals surface area contributed by atoms with Crippen LogP contribution in [0.3, 0.4) is 0 Å². The molecule has 0 aliphatic heterocycles. The standard InChI is InChI=1S/C20H17N5O/c1-11-18-12(2)23-19(14-4-5-15-13(10-14)8-9-21-15)25(18)20-16(22-11)6-7-17(24-20)26-3/h4-10,21H,1-3H3. The number of benzene rings is 1. The molecule has 5 rings (SSSR count). The quantitative estimate of drug-likeness (QED) is 0.525. The minimum atomic E-state index is 0.558. The number of aromatic nitrogens is 5. The SMILES string of the molecule is COc1ccc2nc(C)c3c(C)nc(-c4ccc5[nH]ccc5c4)n3c2n1. The van der Waals surface area contributed by atoms with Crippen molar-refractivity contribution in [1.29, 1.82) is 0 Å². The number of fused-ring (bicyclic) bond motifs is 4. The van der Waals surface area contributed by atoms with Gasteiger partial charge < -0.3 is 9.72 Å². The number of imidazole rings is 1. The molecule has 0 unspecified atom stereocenters. The Morgan fingerprint density at radius 3 is 2.65 bits per heavy atom. The minimum Gasteiger partial charge on any atom is -0.481 e. The number of hydrogen-bond acceptors (Lipinski definition) is 4. The van der Waals surface area contributed by atoms with Crippen LogP contribution in [0.4, 0.5) is 0 Å². The van der Waals surface area contributed by atoms with Crippen LogP contribution >= 0.6 is 0 Å². The van der Waals surface area contributed by atoms with E-state index in [4.69, 9.17) is 14.7 Å². The Morgan fingerprint density at radius 2 is 1.81 bits per heavy atom. The van der Waals surface area contributed by atoms with Gasteiger partial charge in [0.1, 0.15) is 11.3 Å². The van der Waals surface area contributed by atoms with Crippen LogP contribution in [-0.4, -0.2) is 31.4 Å². The van der Waals surface area contributed by atoms with Gasteiger partial charge in [-0.05, 0) is 44.2 Å². The molecule has 128 valence electrons. The first-order chi connectivity index (χ1) is 12.7. The number of aryl methyl sites for hydroxylation is 2. The third kappa shape index (κ3) is 2.02. The van der Waals surface area contributed by atoms with Crippen molar-refractivity contribution in [3.63, 3.8) is 0 Å². The summed E-state index contributed by atoms with van der Waals surface area (Å²) in [7, 11) is 1.62. The minimum absolute atomic E-state index is 0.558. The van der Waals surface area contributed by atoms with Gasteiger partial charge in [-0.15, -0.1) is 0 Å². The van der Waals surface area contributed by atoms with Crippen molar-refractivity contribution in [3.05, 3.63) is 54.0 Å². The highest BCUT2D eigenvalue weighted by Crippen LogP contribution is 2.30. The van der Waals surface area contributed by atoms with Crippen molar-refractivity contribution < 1.29 is 4.74 Å². The van der Waals surface area contributed by atoms with Gasteiger partial charge in [-0.2, -0.15) is 4.98 Å². The molecule has 1 N–H and O–H groups in total. The van der Waals surface area contributed by atoms with Crippen LogP contribution in [-0.2, 0) is 0 Å². The molecule has 6 heteroatoms. The monoisotopic (exact) mass is 343 g/mol. The highest BCUT2D eigenvalue weighted by molar-refractivity contribution is 5.86. The smallest absolute Gasteiger partial charge is 0.215 e. The van der Waals surface area contributed by atoms with Gasteiger partial charge in [-0.25, -0.2) is 9.97 Å². The first kappa shape index (κ1) is 14.9. The molecule has 4 heterocycles. The maximum absolute atomic E-state index is 5.32. The zero-order valence-corrected chi connectivity index (χ0v) is 14.7. The van der Waals surface area contributed by atoms with Crippen LogP contribution in [0.2, 0.25) is 0 Å². The van der Waals surface area contributed by atoms with E-state index in [-0.39, 0.29) is 0 Å². The second-order valence-electron chi connectivity index (χ2n) is 6.38. The Bertz CT molecular complexity index is 1300. The van der Waals surface area contributed by atoms with Gasteiger partial charge in [0.15, 0.2) is 5.65 Å². The molecule has 0 fully saturated rings. The number of hydrogen-bond donors (Lipinski definition) is 1. The summed E-state index contributed by atoms with van der Waals surface area (Å²) in [6.07, 6.45) is 1.94. The molecule has 0 spiro atoms. The topological polar surface area (TPSA) is 68.1 Å². The van der Waals surface area contributed by atoms with Crippen LogP contribution in [0.25, 0.3) is 39.0 Å². The van der Waals surface area contributed by atoms with Crippen LogP contribution in [0.1, 0.15) is 11.4 Å². The lowest BCUT2D eigenvalue weighted by atomic mass is 10.1. The molecule has 0 saturated carbocycles. The number of methoxy groups -OCH3 is 1. The van der Waals surface area contributed by atoms with E-state index >= 15 is 0 Å². The Labute approximate surface area is 149 Å². The van der Waals surface area contributed by atoms with Crippen molar-refractivity contribution in [2.24, 2.45) is 0 Å². The molecule has 1 aromatic carbocycles. The highest BCUT2D eigenvalue weighted by Gasteiger charge is 2.17. The summed E-state index contributed by atoms with van der Waals surface area (Å²) in [4.78, 5) is 17.4. The fourth-order valence-electron chi connectivity index (χ4n) is 3.57. The second kappa shape index (κ2) is 5.29. The lowest BCUT2D eigenvalue weighted by Gasteiger charge is -2.09. The van der Waals surface area contributed by atoms with Crippen molar-refractivity contribution in [1.82, 2.24) is 24.3 Å². The number of H-pyrrole nitrogens is 1. The van der Waals surface area contributed by atoms with Crippen LogP contribution < -0.4 is 4.74 Å². The van der Waals surface area contributed by atoms with Gasteiger partial charge in [-0.1, -0.05) is 0 Å². The first-order valence-electron chi connectivity index (χ1n) is 8.43. The van der Waals surface area contributed by atoms with Gasteiger partial charge in [0.2, 0.25) is 5.88 Å². The summed E-state index contributed by atoms with van der Waals surface area (Å²) in [6.45, 7) is 4.02. The van der Waals surface area contributed by atoms with E-state index < -0.39 is 0 Å². The molecule has 0 aliphatic rings. The number of rotatable bonds is 2. The summed E-state index contributed by atoms with van der Waals surface area (Å²) in [5.41, 5.74) is 6.56. The Morgan fingerprint density at radius 1 is 0.962 bits per heavy atom. The molecule has 0 saturated heterocycles. The average Bonchev–Trinajstić information content (AvgIpc) is 3.25. The molecule has 6 nitrogen and oxygen atoms in total. The largest absolute Gasteiger partial charge is 0.481 e. The molecule has 0 aliphatic carbocycles. The van der Waals surface area contributed by atoms with E-state index in [2.05, 4.69) is 38.6 Å². The summed E-state index contributed by atoms with van der Waals surface area (Å²) in [5.74, 6) is 1.42. The Hall–Kier alpha value is -3.41. The number of ether oxygens (including phenoxy) is 1. The lowest BCUT2D eigenvalue weighted by molar-refractivity contribution is 0.399. The third-order valence-electron chi connectivity index (χ3n) is 4.74. The molecule has 0 atom stereocenters. The second-order valence-corrected chi connectivity index (χ2v) is 6.38. The normalized spacial score (nSPS) is 11.7. The summed E-state index contributed by atoms with van der Waals surface area (Å²) in [5, 5.41) is 1.15. The van der Waals surface area contributed by atoms with Gasteiger partial charge in [-0.3, -0.25) is 4.40 Å². The maximum Gasteiger partial charge on any atom is 0.215 e. The van der Waals surface area contributed by atoms with Gasteiger partial charge in [0.05, 0.1) is 24.0 Å². The number of pyridine rings is 1. The molecule has 0 amide bonds. The van der Waals surface area contributed by atoms with Crippen molar-refractivity contribution in [3.8, 4) is 17.3 Å². The summed E-state index contributed by atoms with van der Waals surface area (Å²) >= 11 is 0. The number of nitrogens with one attached hydrogen (secondary N) is 1. The molecule has 0 bridgehead atoms. The van der Waals surface area contributed by atoms with E-state index in [0.717, 1.165) is 50.4 Å². The zero-order valence-electron chi connectivity index (χ0n) is 14.7. The van der Waals surface area contributed by atoms with Crippen LogP contribution in [0, 0.1) is 13.8 Å². The molecule has 0 radical (unpaired) electrons. The van der Waals surface area contributed by atoms with Gasteiger partial charge >= 0.3 is 0 Å². The third-order valence-corrected chi connectivity index (χ3v) is 4.74. The molecule has 26 heavy (non-hydrogen) atoms. The van der Waals surface area contributed by atoms with E-state index in [1.54, 1.807) is 7.11 Å². The fraction of sp³-hybridized carbons (Fsp3) is 0.150. The average molecular weight is 343 g/mol. The van der Waals surface area contributed by atoms with Crippen molar-refractivity contribution in [2.45, 2.75) is 13.8 Å². The highest BCUT2D eigenvalue weighted by atomic mass is 16.5. The summed E-state index contributed by atoms with van der Waals surface area (Å²) in [6, 6.07) is 12.1. The Balaban J connectivity index is 1.92. The van der Waals surface area contributed by atoms with Crippen LogP contribution in [0.5, 0.6) is 5.88 Å². The molecule has 5 aromatic rings. The summed E-state index contributed by atoms with van der Waals surface area (Å²) < 4.78 is 7.41. The fourth-order valence-corrected chi connectivity index (χ4v) is 3.57. The van der Waals surface area contributed by atoms with Gasteiger partial charge in [0.25, 0.3) is 0 Å². The molecule has 4 aromatic heterocycles. The predicted octanol–water partition coefficient (Wildman–Crippen LogP) is 4.05. The molecular formula is C20H17N5O. The number of aromatic amines is 1. The van der Waals surface area contributed by atoms with E-state index in [1.165, 1.54) is 0 Å². The first-order valence-corrected chi connectivity index (χ1v) is 8.43.